The molecule has 2 saturated heterocycles. The molecule has 4 heteroatoms. The molecule has 1 N–H and O–H groups in total. The van der Waals surface area contributed by atoms with Crippen molar-refractivity contribution in [1.82, 2.24) is 4.90 Å². The molecule has 2 aromatic rings. The molecule has 0 radical (unpaired) electrons. The first-order valence-corrected chi connectivity index (χ1v) is 9.55. The van der Waals surface area contributed by atoms with Crippen LogP contribution in [0, 0.1) is 0 Å². The lowest BCUT2D eigenvalue weighted by Crippen LogP contribution is -2.30. The summed E-state index contributed by atoms with van der Waals surface area (Å²) < 4.78 is 11.5. The zero-order chi connectivity index (χ0) is 17.8. The average Bonchev–Trinajstić information content (AvgIpc) is 3.32. The van der Waals surface area contributed by atoms with Gasteiger partial charge in [-0.25, -0.2) is 0 Å². The van der Waals surface area contributed by atoms with Gasteiger partial charge in [0.05, 0.1) is 6.10 Å². The Morgan fingerprint density at radius 1 is 1.15 bits per heavy atom. The highest BCUT2D eigenvalue weighted by Gasteiger charge is 2.37. The topological polar surface area (TPSA) is 41.9 Å². The molecule has 0 amide bonds. The summed E-state index contributed by atoms with van der Waals surface area (Å²) in [5.41, 5.74) is 1.48. The lowest BCUT2D eigenvalue weighted by molar-refractivity contribution is 0.0452. The van der Waals surface area contributed by atoms with Crippen molar-refractivity contribution in [2.75, 3.05) is 26.3 Å². The smallest absolute Gasteiger partial charge is 0.119 e. The van der Waals surface area contributed by atoms with Gasteiger partial charge in [-0.1, -0.05) is 42.5 Å². The molecule has 138 valence electrons. The average molecular weight is 353 g/mol. The van der Waals surface area contributed by atoms with Crippen molar-refractivity contribution in [3.63, 3.8) is 0 Å². The van der Waals surface area contributed by atoms with Crippen LogP contribution in [0.5, 0.6) is 5.75 Å². The predicted octanol–water partition coefficient (Wildman–Crippen LogP) is 3.34. The van der Waals surface area contributed by atoms with Gasteiger partial charge in [0.1, 0.15) is 18.0 Å². The molecule has 4 nitrogen and oxygen atoms in total. The van der Waals surface area contributed by atoms with Gasteiger partial charge >= 0.3 is 0 Å². The highest BCUT2D eigenvalue weighted by molar-refractivity contribution is 5.29. The number of benzene rings is 2. The van der Waals surface area contributed by atoms with Crippen molar-refractivity contribution in [1.29, 1.82) is 0 Å². The van der Waals surface area contributed by atoms with E-state index in [-0.39, 0.29) is 6.10 Å². The van der Waals surface area contributed by atoms with Crippen LogP contribution in [0.4, 0.5) is 0 Å². The molecule has 0 saturated carbocycles. The van der Waals surface area contributed by atoms with Crippen LogP contribution in [0.15, 0.2) is 54.6 Å². The number of hydrogen-bond donors (Lipinski definition) is 1. The van der Waals surface area contributed by atoms with E-state index >= 15 is 0 Å². The van der Waals surface area contributed by atoms with E-state index in [9.17, 15) is 5.11 Å². The van der Waals surface area contributed by atoms with Crippen molar-refractivity contribution >= 4 is 0 Å². The summed E-state index contributed by atoms with van der Waals surface area (Å²) in [5.74, 6) is 0.899. The van der Waals surface area contributed by atoms with Gasteiger partial charge in [-0.15, -0.1) is 0 Å². The van der Waals surface area contributed by atoms with Crippen LogP contribution in [0.3, 0.4) is 0 Å². The van der Waals surface area contributed by atoms with Gasteiger partial charge < -0.3 is 14.6 Å². The standard InChI is InChI=1S/C22H27NO3/c24-22(19-7-2-1-3-8-19)11-12-23(17-22)15-18-6-4-9-20(14-18)26-16-21-10-5-13-25-21/h1-4,6-9,14,21,24H,5,10-13,15-17H2. The Balaban J connectivity index is 1.35. The van der Waals surface area contributed by atoms with Gasteiger partial charge in [-0.05, 0) is 42.5 Å². The van der Waals surface area contributed by atoms with Crippen LogP contribution >= 0.6 is 0 Å². The van der Waals surface area contributed by atoms with Gasteiger partial charge in [0.15, 0.2) is 0 Å². The second-order valence-electron chi connectivity index (χ2n) is 7.45. The maximum Gasteiger partial charge on any atom is 0.119 e. The number of β-amino-alcohol motifs (C(OH)–C–C–N with tert-alkyl or cyclic N) is 1. The van der Waals surface area contributed by atoms with E-state index in [1.807, 2.05) is 42.5 Å². The molecule has 4 rings (SSSR count). The molecular weight excluding hydrogens is 326 g/mol. The van der Waals surface area contributed by atoms with Crippen molar-refractivity contribution in [2.45, 2.75) is 37.5 Å². The van der Waals surface area contributed by atoms with Crippen LogP contribution in [-0.2, 0) is 16.9 Å². The van der Waals surface area contributed by atoms with E-state index in [0.29, 0.717) is 13.2 Å². The molecule has 2 unspecified atom stereocenters. The SMILES string of the molecule is OC1(c2ccccc2)CCN(Cc2cccc(OCC3CCCO3)c2)C1. The first kappa shape index (κ1) is 17.5. The lowest BCUT2D eigenvalue weighted by atomic mass is 9.93. The molecular formula is C22H27NO3. The monoisotopic (exact) mass is 353 g/mol. The van der Waals surface area contributed by atoms with Gasteiger partial charge in [0.2, 0.25) is 0 Å². The van der Waals surface area contributed by atoms with Gasteiger partial charge in [0.25, 0.3) is 0 Å². The fraction of sp³-hybridized carbons (Fsp3) is 0.455. The third-order valence-electron chi connectivity index (χ3n) is 5.40. The number of ether oxygens (including phenoxy) is 2. The van der Waals surface area contributed by atoms with E-state index in [0.717, 1.165) is 50.3 Å². The highest BCUT2D eigenvalue weighted by Crippen LogP contribution is 2.32. The Morgan fingerprint density at radius 3 is 2.85 bits per heavy atom. The summed E-state index contributed by atoms with van der Waals surface area (Å²) in [6.07, 6.45) is 3.23. The molecule has 2 aromatic carbocycles. The van der Waals surface area contributed by atoms with Crippen LogP contribution in [-0.4, -0.2) is 42.4 Å². The Kier molecular flexibility index (Phi) is 5.25. The highest BCUT2D eigenvalue weighted by atomic mass is 16.5. The van der Waals surface area contributed by atoms with Gasteiger partial charge in [-0.2, -0.15) is 0 Å². The second kappa shape index (κ2) is 7.78. The molecule has 26 heavy (non-hydrogen) atoms. The van der Waals surface area contributed by atoms with Gasteiger partial charge in [0, 0.05) is 26.2 Å². The molecule has 2 aliphatic heterocycles. The quantitative estimate of drug-likeness (QED) is 0.865. The number of rotatable bonds is 6. The van der Waals surface area contributed by atoms with Crippen molar-refractivity contribution < 1.29 is 14.6 Å². The first-order valence-electron chi connectivity index (χ1n) is 9.55. The van der Waals surface area contributed by atoms with Crippen molar-refractivity contribution in [3.05, 3.63) is 65.7 Å². The predicted molar refractivity (Wildman–Crippen MR) is 101 cm³/mol. The van der Waals surface area contributed by atoms with E-state index in [1.54, 1.807) is 0 Å². The zero-order valence-corrected chi connectivity index (χ0v) is 15.1. The third-order valence-corrected chi connectivity index (χ3v) is 5.40. The number of nitrogens with zero attached hydrogens (tertiary/aromatic N) is 1. The van der Waals surface area contributed by atoms with Crippen LogP contribution in [0.1, 0.15) is 30.4 Å². The summed E-state index contributed by atoms with van der Waals surface area (Å²) >= 11 is 0. The minimum absolute atomic E-state index is 0.234. The summed E-state index contributed by atoms with van der Waals surface area (Å²) in [7, 11) is 0. The normalized spacial score (nSPS) is 26.3. The molecule has 0 spiro atoms. The number of likely N-dealkylation sites (tertiary alicyclic amines) is 1. The largest absolute Gasteiger partial charge is 0.491 e. The van der Waals surface area contributed by atoms with Crippen LogP contribution in [0.25, 0.3) is 0 Å². The first-order chi connectivity index (χ1) is 12.7. The Morgan fingerprint density at radius 2 is 2.04 bits per heavy atom. The van der Waals surface area contributed by atoms with E-state index < -0.39 is 5.60 Å². The Bertz CT molecular complexity index is 714. The summed E-state index contributed by atoms with van der Waals surface area (Å²) in [6, 6.07) is 18.3. The van der Waals surface area contributed by atoms with E-state index in [2.05, 4.69) is 17.0 Å². The summed E-state index contributed by atoms with van der Waals surface area (Å²) in [5, 5.41) is 11.0. The molecule has 0 bridgehead atoms. The van der Waals surface area contributed by atoms with Crippen molar-refractivity contribution in [3.8, 4) is 5.75 Å². The fourth-order valence-electron chi connectivity index (χ4n) is 3.95. The summed E-state index contributed by atoms with van der Waals surface area (Å²) in [4.78, 5) is 2.31. The van der Waals surface area contributed by atoms with E-state index in [4.69, 9.17) is 9.47 Å². The third kappa shape index (κ3) is 4.09. The Hall–Kier alpha value is -1.88. The molecule has 0 aliphatic carbocycles. The maximum atomic E-state index is 11.0. The zero-order valence-electron chi connectivity index (χ0n) is 15.1. The molecule has 0 aromatic heterocycles. The minimum atomic E-state index is -0.741. The number of aliphatic hydroxyl groups is 1. The minimum Gasteiger partial charge on any atom is -0.491 e. The van der Waals surface area contributed by atoms with E-state index in [1.165, 1.54) is 5.56 Å². The van der Waals surface area contributed by atoms with Gasteiger partial charge in [-0.3, -0.25) is 4.90 Å². The van der Waals surface area contributed by atoms with Crippen molar-refractivity contribution in [2.24, 2.45) is 0 Å². The summed E-state index contributed by atoms with van der Waals surface area (Å²) in [6.45, 7) is 3.87. The molecule has 2 aliphatic rings. The Labute approximate surface area is 155 Å². The fourth-order valence-corrected chi connectivity index (χ4v) is 3.95. The molecule has 2 fully saturated rings. The number of hydrogen-bond acceptors (Lipinski definition) is 4. The lowest BCUT2D eigenvalue weighted by Gasteiger charge is -2.24. The molecule has 2 heterocycles. The maximum absolute atomic E-state index is 11.0. The molecule has 2 atom stereocenters. The van der Waals surface area contributed by atoms with Crippen LogP contribution < -0.4 is 4.74 Å². The second-order valence-corrected chi connectivity index (χ2v) is 7.45. The van der Waals surface area contributed by atoms with Crippen LogP contribution in [0.2, 0.25) is 0 Å².